The van der Waals surface area contributed by atoms with Gasteiger partial charge in [-0.1, -0.05) is 127 Å². The average Bonchev–Trinajstić information content (AvgIpc) is 4.19. The van der Waals surface area contributed by atoms with Crippen molar-refractivity contribution in [1.82, 2.24) is 19.5 Å². The Morgan fingerprint density at radius 2 is 0.900 bits per heavy atom. The first kappa shape index (κ1) is 38.9. The molecule has 0 saturated carbocycles. The molecule has 15 rings (SSSR count). The number of hydrogen-bond acceptors (Lipinski definition) is 6. The van der Waals surface area contributed by atoms with Crippen LogP contribution in [-0.2, 0) is 0 Å². The number of para-hydroxylation sites is 3. The van der Waals surface area contributed by atoms with E-state index in [1.165, 1.54) is 53.1 Å². The monoisotopic (exact) mass is 912 g/mol. The fourth-order valence-corrected chi connectivity index (χ4v) is 11.8. The van der Waals surface area contributed by atoms with Gasteiger partial charge in [-0.05, 0) is 113 Å². The molecule has 0 amide bonds. The maximum Gasteiger partial charge on any atom is 0.164 e. The lowest BCUT2D eigenvalue weighted by Crippen LogP contribution is -2.00. The van der Waals surface area contributed by atoms with Gasteiger partial charge in [0, 0.05) is 74.9 Å². The number of rotatable bonds is 6. The van der Waals surface area contributed by atoms with E-state index in [0.717, 1.165) is 77.4 Å². The summed E-state index contributed by atoms with van der Waals surface area (Å²) in [6.07, 6.45) is 0. The van der Waals surface area contributed by atoms with Gasteiger partial charge in [-0.2, -0.15) is 0 Å². The molecule has 5 aromatic heterocycles. The Labute approximate surface area is 404 Å². The highest BCUT2D eigenvalue weighted by Crippen LogP contribution is 2.45. The van der Waals surface area contributed by atoms with Gasteiger partial charge in [-0.3, -0.25) is 0 Å². The Balaban J connectivity index is 0.873. The van der Waals surface area contributed by atoms with E-state index < -0.39 is 0 Å². The summed E-state index contributed by atoms with van der Waals surface area (Å²) in [4.78, 5) is 15.5. The van der Waals surface area contributed by atoms with Crippen LogP contribution in [0.2, 0.25) is 0 Å². The molecule has 0 unspecified atom stereocenters. The van der Waals surface area contributed by atoms with Crippen LogP contribution in [-0.4, -0.2) is 19.5 Å². The summed E-state index contributed by atoms with van der Waals surface area (Å²) < 4.78 is 17.7. The highest BCUT2D eigenvalue weighted by molar-refractivity contribution is 7.26. The van der Waals surface area contributed by atoms with Crippen molar-refractivity contribution in [3.05, 3.63) is 218 Å². The SMILES string of the molecule is c1ccc(-c2nc(-c3ccc4oc5ccccc5c4c3)nc(-c3cccc4oc5ccc(-c6ccc7sc8cccc(-c9ccc%10c(c9)c9ccccc9n%10-c9ccccc9)c8c7c6)cc5c34)n2)cc1. The molecule has 326 valence electrons. The van der Waals surface area contributed by atoms with Crippen LogP contribution in [0.15, 0.2) is 227 Å². The zero-order valence-electron chi connectivity index (χ0n) is 37.3. The van der Waals surface area contributed by atoms with Gasteiger partial charge in [0.1, 0.15) is 22.3 Å². The Hall–Kier alpha value is -9.17. The van der Waals surface area contributed by atoms with Gasteiger partial charge in [0.25, 0.3) is 0 Å². The Bertz CT molecular complexity index is 4600. The minimum absolute atomic E-state index is 0.571. The smallest absolute Gasteiger partial charge is 0.164 e. The van der Waals surface area contributed by atoms with Gasteiger partial charge in [0.2, 0.25) is 0 Å². The number of furan rings is 2. The molecule has 0 N–H and O–H groups in total. The average molecular weight is 913 g/mol. The number of fused-ring (bicyclic) bond motifs is 12. The van der Waals surface area contributed by atoms with Gasteiger partial charge < -0.3 is 13.4 Å². The largest absolute Gasteiger partial charge is 0.456 e. The third-order valence-corrected chi connectivity index (χ3v) is 15.0. The van der Waals surface area contributed by atoms with E-state index in [4.69, 9.17) is 23.8 Å². The van der Waals surface area contributed by atoms with Gasteiger partial charge in [0.15, 0.2) is 17.5 Å². The zero-order valence-corrected chi connectivity index (χ0v) is 38.1. The normalized spacial score (nSPS) is 12.0. The van der Waals surface area contributed by atoms with Crippen molar-refractivity contribution < 1.29 is 8.83 Å². The third kappa shape index (κ3) is 6.02. The first-order valence-corrected chi connectivity index (χ1v) is 24.2. The van der Waals surface area contributed by atoms with Crippen LogP contribution in [0.25, 0.3) is 148 Å². The summed E-state index contributed by atoms with van der Waals surface area (Å²) in [6, 6.07) is 77.0. The van der Waals surface area contributed by atoms with E-state index in [-0.39, 0.29) is 0 Å². The molecule has 0 aliphatic carbocycles. The molecule has 0 atom stereocenters. The van der Waals surface area contributed by atoms with E-state index in [9.17, 15) is 0 Å². The molecule has 0 bridgehead atoms. The van der Waals surface area contributed by atoms with Gasteiger partial charge in [0.05, 0.1) is 11.0 Å². The number of hydrogen-bond donors (Lipinski definition) is 0. The topological polar surface area (TPSA) is 69.9 Å². The Morgan fingerprint density at radius 3 is 1.77 bits per heavy atom. The standard InChI is InChI=1S/C63H36N4O2S/c1-3-13-37(14-4-1)61-64-62(41-27-31-54-48(36-41)45-18-8-10-22-53(45)68-54)66-63(65-61)46-20-11-23-56-59(46)49-33-38(26-30-55(49)69-56)39-28-32-57-50(34-39)60-43(19-12-24-58(60)70-57)40-25-29-52-47(35-40)44-17-7-9-21-51(44)67(52)42-15-5-2-6-16-42/h1-36H. The molecule has 6 nitrogen and oxygen atoms in total. The number of nitrogens with zero attached hydrogens (tertiary/aromatic N) is 4. The second-order valence-corrected chi connectivity index (χ2v) is 19.0. The molecule has 0 fully saturated rings. The highest BCUT2D eigenvalue weighted by Gasteiger charge is 2.21. The molecular formula is C63H36N4O2S. The summed E-state index contributed by atoms with van der Waals surface area (Å²) >= 11 is 1.84. The second-order valence-electron chi connectivity index (χ2n) is 17.9. The lowest BCUT2D eigenvalue weighted by atomic mass is 9.96. The molecule has 0 saturated heterocycles. The quantitative estimate of drug-likeness (QED) is 0.166. The highest BCUT2D eigenvalue weighted by atomic mass is 32.1. The molecule has 15 aromatic rings. The molecule has 10 aromatic carbocycles. The molecule has 5 heterocycles. The zero-order chi connectivity index (χ0) is 45.9. The number of aromatic nitrogens is 4. The molecular weight excluding hydrogens is 877 g/mol. The van der Waals surface area contributed by atoms with Crippen molar-refractivity contribution in [2.24, 2.45) is 0 Å². The molecule has 70 heavy (non-hydrogen) atoms. The van der Waals surface area contributed by atoms with Crippen LogP contribution in [0, 0.1) is 0 Å². The molecule has 0 aliphatic rings. The maximum absolute atomic E-state index is 6.60. The molecule has 0 radical (unpaired) electrons. The van der Waals surface area contributed by atoms with Gasteiger partial charge in [-0.25, -0.2) is 15.0 Å². The van der Waals surface area contributed by atoms with E-state index in [1.54, 1.807) is 0 Å². The van der Waals surface area contributed by atoms with Crippen LogP contribution in [0.5, 0.6) is 0 Å². The van der Waals surface area contributed by atoms with E-state index in [2.05, 4.69) is 150 Å². The fourth-order valence-electron chi connectivity index (χ4n) is 10.6. The fraction of sp³-hybridized carbons (Fsp3) is 0. The summed E-state index contributed by atoms with van der Waals surface area (Å²) in [6.45, 7) is 0. The van der Waals surface area contributed by atoms with Crippen molar-refractivity contribution in [3.8, 4) is 62.1 Å². The summed E-state index contributed by atoms with van der Waals surface area (Å²) in [5.41, 5.74) is 14.1. The van der Waals surface area contributed by atoms with Gasteiger partial charge in [-0.15, -0.1) is 11.3 Å². The van der Waals surface area contributed by atoms with Crippen molar-refractivity contribution in [3.63, 3.8) is 0 Å². The molecule has 7 heteroatoms. The number of thiophene rings is 1. The molecule has 0 aliphatic heterocycles. The minimum atomic E-state index is 0.571. The number of benzene rings is 10. The summed E-state index contributed by atoms with van der Waals surface area (Å²) in [5.74, 6) is 1.75. The first-order chi connectivity index (χ1) is 34.7. The van der Waals surface area contributed by atoms with Crippen molar-refractivity contribution in [2.75, 3.05) is 0 Å². The summed E-state index contributed by atoms with van der Waals surface area (Å²) in [7, 11) is 0. The van der Waals surface area contributed by atoms with Crippen LogP contribution < -0.4 is 0 Å². The first-order valence-electron chi connectivity index (χ1n) is 23.4. The lowest BCUT2D eigenvalue weighted by Gasteiger charge is -2.10. The van der Waals surface area contributed by atoms with Crippen molar-refractivity contribution in [2.45, 2.75) is 0 Å². The van der Waals surface area contributed by atoms with E-state index >= 15 is 0 Å². The molecule has 0 spiro atoms. The third-order valence-electron chi connectivity index (χ3n) is 13.9. The van der Waals surface area contributed by atoms with E-state index in [0.29, 0.717) is 17.5 Å². The Kier molecular flexibility index (Phi) is 8.43. The van der Waals surface area contributed by atoms with Crippen molar-refractivity contribution >= 4 is 97.2 Å². The second kappa shape index (κ2) is 15.2. The predicted molar refractivity (Wildman–Crippen MR) is 289 cm³/mol. The lowest BCUT2D eigenvalue weighted by molar-refractivity contribution is 0.668. The van der Waals surface area contributed by atoms with Gasteiger partial charge >= 0.3 is 0 Å². The predicted octanol–water partition coefficient (Wildman–Crippen LogP) is 17.5. The summed E-state index contributed by atoms with van der Waals surface area (Å²) in [5, 5.41) is 9.02. The maximum atomic E-state index is 6.60. The minimum Gasteiger partial charge on any atom is -0.456 e. The van der Waals surface area contributed by atoms with Crippen molar-refractivity contribution in [1.29, 1.82) is 0 Å². The van der Waals surface area contributed by atoms with E-state index in [1.807, 2.05) is 84.1 Å². The van der Waals surface area contributed by atoms with Crippen LogP contribution >= 0.6 is 11.3 Å². The Morgan fingerprint density at radius 1 is 0.314 bits per heavy atom. The van der Waals surface area contributed by atoms with Crippen LogP contribution in [0.1, 0.15) is 0 Å². The van der Waals surface area contributed by atoms with Crippen LogP contribution in [0.4, 0.5) is 0 Å². The van der Waals surface area contributed by atoms with Crippen LogP contribution in [0.3, 0.4) is 0 Å².